The van der Waals surface area contributed by atoms with Gasteiger partial charge < -0.3 is 20.3 Å². The van der Waals surface area contributed by atoms with Gasteiger partial charge in [0.15, 0.2) is 5.76 Å². The highest BCUT2D eigenvalue weighted by Gasteiger charge is 2.14. The fraction of sp³-hybridized carbons (Fsp3) is 0.375. The van der Waals surface area contributed by atoms with Crippen molar-refractivity contribution in [1.82, 2.24) is 10.5 Å². The molecule has 2 aromatic rings. The summed E-state index contributed by atoms with van der Waals surface area (Å²) in [5, 5.41) is 19.3. The van der Waals surface area contributed by atoms with E-state index in [9.17, 15) is 9.90 Å². The number of hydrogen-bond donors (Lipinski definition) is 3. The number of nitrogens with zero attached hydrogens (tertiary/aromatic N) is 1. The van der Waals surface area contributed by atoms with Crippen molar-refractivity contribution in [3.05, 3.63) is 47.3 Å². The normalized spacial score (nSPS) is 12.0. The number of nitrogens with one attached hydrogen (secondary N) is 2. The first-order valence-corrected chi connectivity index (χ1v) is 7.34. The summed E-state index contributed by atoms with van der Waals surface area (Å²) < 4.78 is 5.11. The lowest BCUT2D eigenvalue weighted by Gasteiger charge is -2.12. The summed E-state index contributed by atoms with van der Waals surface area (Å²) in [6.45, 7) is 4.07. The summed E-state index contributed by atoms with van der Waals surface area (Å²) >= 11 is 0. The summed E-state index contributed by atoms with van der Waals surface area (Å²) in [7, 11) is 0. The van der Waals surface area contributed by atoms with Crippen molar-refractivity contribution in [2.24, 2.45) is 0 Å². The highest BCUT2D eigenvalue weighted by Crippen LogP contribution is 2.20. The Bertz CT molecular complexity index is 610. The smallest absolute Gasteiger partial charge is 0.319 e. The predicted octanol–water partition coefficient (Wildman–Crippen LogP) is 2.79. The van der Waals surface area contributed by atoms with E-state index in [4.69, 9.17) is 4.52 Å². The lowest BCUT2D eigenvalue weighted by molar-refractivity contribution is 0.167. The molecule has 1 aromatic carbocycles. The third-order valence-electron chi connectivity index (χ3n) is 3.38. The van der Waals surface area contributed by atoms with Crippen LogP contribution in [0.1, 0.15) is 36.5 Å². The third kappa shape index (κ3) is 4.08. The Morgan fingerprint density at radius 1 is 1.36 bits per heavy atom. The van der Waals surface area contributed by atoms with Gasteiger partial charge in [-0.2, -0.15) is 0 Å². The Morgan fingerprint density at radius 2 is 2.09 bits per heavy atom. The van der Waals surface area contributed by atoms with E-state index in [1.54, 1.807) is 6.92 Å². The fourth-order valence-electron chi connectivity index (χ4n) is 2.14. The zero-order valence-corrected chi connectivity index (χ0v) is 12.8. The molecule has 118 valence electrons. The number of aliphatic hydroxyl groups is 1. The number of aliphatic hydroxyl groups excluding tert-OH is 1. The van der Waals surface area contributed by atoms with Crippen LogP contribution in [-0.2, 0) is 6.42 Å². The summed E-state index contributed by atoms with van der Waals surface area (Å²) in [5.74, 6) is 0.650. The van der Waals surface area contributed by atoms with Crippen molar-refractivity contribution < 1.29 is 14.4 Å². The minimum Gasteiger partial charge on any atom is -0.388 e. The molecule has 2 rings (SSSR count). The fourth-order valence-corrected chi connectivity index (χ4v) is 2.14. The highest BCUT2D eigenvalue weighted by molar-refractivity contribution is 5.90. The van der Waals surface area contributed by atoms with Crippen molar-refractivity contribution in [3.63, 3.8) is 0 Å². The molecule has 0 saturated carbocycles. The molecule has 0 saturated heterocycles. The maximum atomic E-state index is 11.9. The van der Waals surface area contributed by atoms with Crippen LogP contribution in [0.15, 0.2) is 34.9 Å². The second kappa shape index (κ2) is 7.61. The maximum Gasteiger partial charge on any atom is 0.319 e. The number of amides is 2. The average Bonchev–Trinajstić information content (AvgIpc) is 2.88. The van der Waals surface area contributed by atoms with Gasteiger partial charge >= 0.3 is 6.03 Å². The van der Waals surface area contributed by atoms with E-state index in [2.05, 4.69) is 15.8 Å². The highest BCUT2D eigenvalue weighted by atomic mass is 16.5. The minimum absolute atomic E-state index is 0.332. The molecule has 6 heteroatoms. The molecule has 0 aliphatic rings. The Balaban J connectivity index is 1.80. The summed E-state index contributed by atoms with van der Waals surface area (Å²) in [6, 6.07) is 9.03. The molecule has 0 radical (unpaired) electrons. The van der Waals surface area contributed by atoms with E-state index in [0.717, 1.165) is 5.56 Å². The predicted molar refractivity (Wildman–Crippen MR) is 83.7 cm³/mol. The van der Waals surface area contributed by atoms with Crippen LogP contribution in [0.5, 0.6) is 0 Å². The lowest BCUT2D eigenvalue weighted by Crippen LogP contribution is -2.30. The van der Waals surface area contributed by atoms with Crippen LogP contribution >= 0.6 is 0 Å². The number of rotatable bonds is 6. The molecular formula is C16H21N3O3. The van der Waals surface area contributed by atoms with E-state index < -0.39 is 6.10 Å². The number of carbonyl (C=O) groups is 1. The van der Waals surface area contributed by atoms with Gasteiger partial charge in [-0.1, -0.05) is 42.4 Å². The number of benzene rings is 1. The first kappa shape index (κ1) is 16.0. The number of urea groups is 1. The minimum atomic E-state index is -0.593. The average molecular weight is 303 g/mol. The zero-order chi connectivity index (χ0) is 15.9. The molecule has 0 fully saturated rings. The Labute approximate surface area is 129 Å². The molecule has 3 N–H and O–H groups in total. The van der Waals surface area contributed by atoms with Gasteiger partial charge in [-0.15, -0.1) is 0 Å². The molecule has 1 aromatic heterocycles. The van der Waals surface area contributed by atoms with E-state index in [-0.39, 0.29) is 6.03 Å². The number of hydrogen-bond acceptors (Lipinski definition) is 4. The SMILES string of the molecule is CCc1onc(C)c1NC(=O)NCCC(O)c1ccccc1. The monoisotopic (exact) mass is 303 g/mol. The van der Waals surface area contributed by atoms with Gasteiger partial charge in [-0.05, 0) is 18.9 Å². The first-order valence-electron chi connectivity index (χ1n) is 7.34. The molecule has 1 atom stereocenters. The van der Waals surface area contributed by atoms with Crippen molar-refractivity contribution >= 4 is 11.7 Å². The number of carbonyl (C=O) groups excluding carboxylic acids is 1. The van der Waals surface area contributed by atoms with Crippen LogP contribution in [0.3, 0.4) is 0 Å². The molecule has 0 bridgehead atoms. The van der Waals surface area contributed by atoms with Gasteiger partial charge in [0, 0.05) is 13.0 Å². The molecule has 0 aliphatic carbocycles. The molecule has 1 unspecified atom stereocenters. The molecule has 22 heavy (non-hydrogen) atoms. The molecule has 6 nitrogen and oxygen atoms in total. The van der Waals surface area contributed by atoms with Gasteiger partial charge in [0.1, 0.15) is 11.4 Å². The van der Waals surface area contributed by atoms with E-state index in [1.807, 2.05) is 37.3 Å². The summed E-state index contributed by atoms with van der Waals surface area (Å²) in [5.41, 5.74) is 2.10. The molecule has 1 heterocycles. The Morgan fingerprint density at radius 3 is 2.77 bits per heavy atom. The van der Waals surface area contributed by atoms with Crippen LogP contribution in [0.2, 0.25) is 0 Å². The van der Waals surface area contributed by atoms with Gasteiger partial charge in [0.25, 0.3) is 0 Å². The van der Waals surface area contributed by atoms with E-state index in [0.29, 0.717) is 36.5 Å². The first-order chi connectivity index (χ1) is 10.6. The lowest BCUT2D eigenvalue weighted by atomic mass is 10.1. The van der Waals surface area contributed by atoms with Crippen molar-refractivity contribution in [3.8, 4) is 0 Å². The van der Waals surface area contributed by atoms with Gasteiger partial charge in [0.2, 0.25) is 0 Å². The van der Waals surface area contributed by atoms with Gasteiger partial charge in [-0.3, -0.25) is 0 Å². The van der Waals surface area contributed by atoms with E-state index >= 15 is 0 Å². The molecule has 0 spiro atoms. The van der Waals surface area contributed by atoms with Crippen molar-refractivity contribution in [2.45, 2.75) is 32.8 Å². The third-order valence-corrected chi connectivity index (χ3v) is 3.38. The topological polar surface area (TPSA) is 87.4 Å². The van der Waals surface area contributed by atoms with Crippen molar-refractivity contribution in [1.29, 1.82) is 0 Å². The van der Waals surface area contributed by atoms with Crippen molar-refractivity contribution in [2.75, 3.05) is 11.9 Å². The second-order valence-corrected chi connectivity index (χ2v) is 5.02. The van der Waals surface area contributed by atoms with Gasteiger partial charge in [-0.25, -0.2) is 4.79 Å². The van der Waals surface area contributed by atoms with Crippen LogP contribution in [0, 0.1) is 6.92 Å². The number of aryl methyl sites for hydroxylation is 2. The summed E-state index contributed by atoms with van der Waals surface area (Å²) in [4.78, 5) is 11.9. The standard InChI is InChI=1S/C16H21N3O3/c1-3-14-15(11(2)19-22-14)18-16(21)17-10-9-13(20)12-7-5-4-6-8-12/h4-8,13,20H,3,9-10H2,1-2H3,(H2,17,18,21). The summed E-state index contributed by atoms with van der Waals surface area (Å²) in [6.07, 6.45) is 0.508. The Hall–Kier alpha value is -2.34. The van der Waals surface area contributed by atoms with Crippen LogP contribution in [0.25, 0.3) is 0 Å². The zero-order valence-electron chi connectivity index (χ0n) is 12.8. The number of anilines is 1. The van der Waals surface area contributed by atoms with Crippen LogP contribution < -0.4 is 10.6 Å². The van der Waals surface area contributed by atoms with Gasteiger partial charge in [0.05, 0.1) is 6.10 Å². The second-order valence-electron chi connectivity index (χ2n) is 5.02. The Kier molecular flexibility index (Phi) is 5.55. The van der Waals surface area contributed by atoms with Crippen LogP contribution in [0.4, 0.5) is 10.5 Å². The maximum absolute atomic E-state index is 11.9. The van der Waals surface area contributed by atoms with Crippen LogP contribution in [-0.4, -0.2) is 22.8 Å². The number of aromatic nitrogens is 1. The molecule has 2 amide bonds. The molecule has 0 aliphatic heterocycles. The largest absolute Gasteiger partial charge is 0.388 e. The van der Waals surface area contributed by atoms with E-state index in [1.165, 1.54) is 0 Å². The molecular weight excluding hydrogens is 282 g/mol. The quantitative estimate of drug-likeness (QED) is 0.765.